The molecule has 0 radical (unpaired) electrons. The SMILES string of the molecule is COC(=O)c1ccc2nc(-c3cc4cc(F)ccc4o3)c(N(C)C3CC3)cc2c1. The van der Waals surface area contributed by atoms with E-state index in [0.717, 1.165) is 29.4 Å². The summed E-state index contributed by atoms with van der Waals surface area (Å²) in [5.74, 6) is -0.0959. The third-order valence-electron chi connectivity index (χ3n) is 5.40. The molecule has 0 spiro atoms. The number of furan rings is 1. The van der Waals surface area contributed by atoms with Crippen molar-refractivity contribution in [3.63, 3.8) is 0 Å². The van der Waals surface area contributed by atoms with Crippen molar-refractivity contribution in [1.82, 2.24) is 4.98 Å². The zero-order valence-corrected chi connectivity index (χ0v) is 16.1. The summed E-state index contributed by atoms with van der Waals surface area (Å²) in [7, 11) is 3.40. The number of anilines is 1. The fourth-order valence-corrected chi connectivity index (χ4v) is 3.65. The van der Waals surface area contributed by atoms with Gasteiger partial charge in [0.05, 0.1) is 23.9 Å². The molecule has 1 fully saturated rings. The summed E-state index contributed by atoms with van der Waals surface area (Å²) >= 11 is 0. The first-order valence-electron chi connectivity index (χ1n) is 9.49. The van der Waals surface area contributed by atoms with E-state index in [4.69, 9.17) is 14.1 Å². The van der Waals surface area contributed by atoms with Crippen molar-refractivity contribution in [3.05, 3.63) is 59.9 Å². The van der Waals surface area contributed by atoms with Crippen LogP contribution in [-0.2, 0) is 4.74 Å². The number of rotatable bonds is 4. The predicted octanol–water partition coefficient (Wildman–Crippen LogP) is 5.17. The van der Waals surface area contributed by atoms with Crippen LogP contribution in [0, 0.1) is 5.82 Å². The first-order chi connectivity index (χ1) is 14.0. The van der Waals surface area contributed by atoms with E-state index >= 15 is 0 Å². The van der Waals surface area contributed by atoms with E-state index < -0.39 is 0 Å². The minimum atomic E-state index is -0.382. The molecular formula is C23H19FN2O3. The topological polar surface area (TPSA) is 55.6 Å². The molecule has 0 N–H and O–H groups in total. The molecule has 0 aliphatic heterocycles. The van der Waals surface area contributed by atoms with Crippen LogP contribution in [0.25, 0.3) is 33.3 Å². The third-order valence-corrected chi connectivity index (χ3v) is 5.40. The number of halogens is 1. The van der Waals surface area contributed by atoms with Crippen molar-refractivity contribution in [2.45, 2.75) is 18.9 Å². The number of hydrogen-bond acceptors (Lipinski definition) is 5. The Balaban J connectivity index is 1.71. The lowest BCUT2D eigenvalue weighted by Gasteiger charge is -2.21. The average molecular weight is 390 g/mol. The Labute approximate surface area is 166 Å². The lowest BCUT2D eigenvalue weighted by atomic mass is 10.1. The predicted molar refractivity (Wildman–Crippen MR) is 110 cm³/mol. The van der Waals surface area contributed by atoms with Crippen molar-refractivity contribution in [1.29, 1.82) is 0 Å². The highest BCUT2D eigenvalue weighted by molar-refractivity contribution is 5.97. The molecule has 2 aromatic heterocycles. The van der Waals surface area contributed by atoms with Crippen LogP contribution in [0.4, 0.5) is 10.1 Å². The molecule has 6 heteroatoms. The zero-order chi connectivity index (χ0) is 20.1. The monoisotopic (exact) mass is 390 g/mol. The van der Waals surface area contributed by atoms with E-state index in [-0.39, 0.29) is 11.8 Å². The second kappa shape index (κ2) is 6.58. The molecular weight excluding hydrogens is 371 g/mol. The number of fused-ring (bicyclic) bond motifs is 2. The molecule has 5 rings (SSSR count). The first kappa shape index (κ1) is 17.7. The smallest absolute Gasteiger partial charge is 0.337 e. The van der Waals surface area contributed by atoms with Crippen molar-refractivity contribution in [2.24, 2.45) is 0 Å². The van der Waals surface area contributed by atoms with E-state index in [1.165, 1.54) is 19.2 Å². The first-order valence-corrected chi connectivity index (χ1v) is 9.49. The summed E-state index contributed by atoms with van der Waals surface area (Å²) < 4.78 is 24.4. The van der Waals surface area contributed by atoms with Gasteiger partial charge in [-0.1, -0.05) is 0 Å². The number of aromatic nitrogens is 1. The van der Waals surface area contributed by atoms with E-state index in [0.29, 0.717) is 34.0 Å². The van der Waals surface area contributed by atoms with E-state index in [2.05, 4.69) is 4.90 Å². The molecule has 0 bridgehead atoms. The van der Waals surface area contributed by atoms with Crippen molar-refractivity contribution >= 4 is 33.5 Å². The zero-order valence-electron chi connectivity index (χ0n) is 16.1. The fourth-order valence-electron chi connectivity index (χ4n) is 3.65. The van der Waals surface area contributed by atoms with Crippen LogP contribution < -0.4 is 4.90 Å². The molecule has 2 heterocycles. The van der Waals surface area contributed by atoms with Gasteiger partial charge in [0.15, 0.2) is 5.76 Å². The number of ether oxygens (including phenoxy) is 1. The lowest BCUT2D eigenvalue weighted by Crippen LogP contribution is -2.20. The number of carbonyl (C=O) groups excluding carboxylic acids is 1. The molecule has 0 atom stereocenters. The maximum atomic E-state index is 13.6. The van der Waals surface area contributed by atoms with Gasteiger partial charge in [0.1, 0.15) is 17.1 Å². The highest BCUT2D eigenvalue weighted by Gasteiger charge is 2.29. The summed E-state index contributed by atoms with van der Waals surface area (Å²) in [4.78, 5) is 18.9. The largest absolute Gasteiger partial charge is 0.465 e. The minimum Gasteiger partial charge on any atom is -0.465 e. The highest BCUT2D eigenvalue weighted by atomic mass is 19.1. The van der Waals surface area contributed by atoms with E-state index in [9.17, 15) is 9.18 Å². The van der Waals surface area contributed by atoms with Crippen LogP contribution in [0.2, 0.25) is 0 Å². The Kier molecular flexibility index (Phi) is 4.01. The minimum absolute atomic E-state index is 0.304. The number of nitrogens with zero attached hydrogens (tertiary/aromatic N) is 2. The molecule has 0 unspecified atom stereocenters. The Bertz CT molecular complexity index is 1260. The second-order valence-electron chi connectivity index (χ2n) is 7.39. The van der Waals surface area contributed by atoms with Gasteiger partial charge < -0.3 is 14.1 Å². The third kappa shape index (κ3) is 3.10. The normalized spacial score (nSPS) is 13.8. The molecule has 2 aromatic carbocycles. The number of pyridine rings is 1. The van der Waals surface area contributed by atoms with E-state index in [1.54, 1.807) is 24.3 Å². The molecule has 0 amide bonds. The fraction of sp³-hybridized carbons (Fsp3) is 0.217. The number of hydrogen-bond donors (Lipinski definition) is 0. The van der Waals surface area contributed by atoms with Gasteiger partial charge in [-0.2, -0.15) is 0 Å². The summed E-state index contributed by atoms with van der Waals surface area (Å²) in [5.41, 5.74) is 3.46. The lowest BCUT2D eigenvalue weighted by molar-refractivity contribution is 0.0601. The number of carbonyl (C=O) groups is 1. The molecule has 1 aliphatic carbocycles. The quantitative estimate of drug-likeness (QED) is 0.450. The van der Waals surface area contributed by atoms with Gasteiger partial charge in [-0.05, 0) is 61.4 Å². The van der Waals surface area contributed by atoms with Crippen LogP contribution in [-0.4, -0.2) is 31.2 Å². The van der Waals surface area contributed by atoms with Crippen LogP contribution in [0.1, 0.15) is 23.2 Å². The average Bonchev–Trinajstić information content (AvgIpc) is 3.50. The van der Waals surface area contributed by atoms with Crippen LogP contribution in [0.15, 0.2) is 52.9 Å². The molecule has 29 heavy (non-hydrogen) atoms. The van der Waals surface area contributed by atoms with Gasteiger partial charge in [-0.25, -0.2) is 14.2 Å². The molecule has 5 nitrogen and oxygen atoms in total. The number of benzene rings is 2. The summed E-state index contributed by atoms with van der Waals surface area (Å²) in [6, 6.07) is 14.1. The van der Waals surface area contributed by atoms with Crippen LogP contribution in [0.3, 0.4) is 0 Å². The van der Waals surface area contributed by atoms with Crippen molar-refractivity contribution in [3.8, 4) is 11.5 Å². The van der Waals surface area contributed by atoms with Crippen LogP contribution in [0.5, 0.6) is 0 Å². The van der Waals surface area contributed by atoms with Gasteiger partial charge in [-0.15, -0.1) is 0 Å². The number of methoxy groups -OCH3 is 1. The Hall–Kier alpha value is -3.41. The molecule has 4 aromatic rings. The summed E-state index contributed by atoms with van der Waals surface area (Å²) in [5, 5.41) is 1.55. The van der Waals surface area contributed by atoms with Crippen LogP contribution >= 0.6 is 0 Å². The van der Waals surface area contributed by atoms with Crippen molar-refractivity contribution < 1.29 is 18.3 Å². The molecule has 0 saturated heterocycles. The Morgan fingerprint density at radius 3 is 2.72 bits per heavy atom. The maximum Gasteiger partial charge on any atom is 0.337 e. The van der Waals surface area contributed by atoms with Gasteiger partial charge in [0.25, 0.3) is 0 Å². The summed E-state index contributed by atoms with van der Waals surface area (Å²) in [6.07, 6.45) is 2.25. The maximum absolute atomic E-state index is 13.6. The van der Waals surface area contributed by atoms with Gasteiger partial charge in [0, 0.05) is 23.9 Å². The Morgan fingerprint density at radius 2 is 1.97 bits per heavy atom. The molecule has 1 aliphatic rings. The molecule has 1 saturated carbocycles. The second-order valence-corrected chi connectivity index (χ2v) is 7.39. The molecule has 146 valence electrons. The highest BCUT2D eigenvalue weighted by Crippen LogP contribution is 2.39. The van der Waals surface area contributed by atoms with Gasteiger partial charge in [0.2, 0.25) is 0 Å². The van der Waals surface area contributed by atoms with Crippen molar-refractivity contribution in [2.75, 3.05) is 19.1 Å². The van der Waals surface area contributed by atoms with Gasteiger partial charge >= 0.3 is 5.97 Å². The van der Waals surface area contributed by atoms with E-state index in [1.807, 2.05) is 19.2 Å². The number of esters is 1. The summed E-state index contributed by atoms with van der Waals surface area (Å²) in [6.45, 7) is 0. The van der Waals surface area contributed by atoms with Gasteiger partial charge in [-0.3, -0.25) is 0 Å². The Morgan fingerprint density at radius 1 is 1.14 bits per heavy atom. The standard InChI is InChI=1S/C23H19FN2O3/c1-26(17-5-6-17)19-11-14-9-13(23(27)28-2)3-7-18(14)25-22(19)21-12-15-10-16(24)4-8-20(15)29-21/h3-4,7-12,17H,5-6H2,1-2H3.